The first-order valence-electron chi connectivity index (χ1n) is 6.84. The Balaban J connectivity index is 1.87. The molecule has 1 fully saturated rings. The van der Waals surface area contributed by atoms with Crippen LogP contribution in [-0.2, 0) is 13.0 Å². The van der Waals surface area contributed by atoms with Crippen molar-refractivity contribution in [3.05, 3.63) is 16.1 Å². The van der Waals surface area contributed by atoms with E-state index in [9.17, 15) is 0 Å². The molecule has 3 nitrogen and oxygen atoms in total. The zero-order valence-corrected chi connectivity index (χ0v) is 12.6. The first-order chi connectivity index (χ1) is 8.49. The minimum atomic E-state index is 0.432. The molecule has 1 unspecified atom stereocenters. The lowest BCUT2D eigenvalue weighted by atomic mass is 9.80. The van der Waals surface area contributed by atoms with Crippen molar-refractivity contribution in [3.63, 3.8) is 0 Å². The average molecular weight is 267 g/mol. The Morgan fingerprint density at radius 2 is 2.28 bits per heavy atom. The highest BCUT2D eigenvalue weighted by Gasteiger charge is 2.31. The number of hydrogen-bond donors (Lipinski definition) is 1. The zero-order chi connectivity index (χ0) is 13.2. The lowest BCUT2D eigenvalue weighted by molar-refractivity contribution is 0.225. The van der Waals surface area contributed by atoms with Gasteiger partial charge >= 0.3 is 0 Å². The molecule has 1 saturated heterocycles. The van der Waals surface area contributed by atoms with Gasteiger partial charge in [-0.25, -0.2) is 4.98 Å². The van der Waals surface area contributed by atoms with E-state index >= 15 is 0 Å². The van der Waals surface area contributed by atoms with E-state index in [1.54, 1.807) is 11.3 Å². The molecule has 1 aromatic rings. The fraction of sp³-hybridized carbons (Fsp3) is 0.786. The molecule has 1 atom stereocenters. The van der Waals surface area contributed by atoms with Crippen LogP contribution in [0.5, 0.6) is 0 Å². The van der Waals surface area contributed by atoms with Gasteiger partial charge < -0.3 is 5.73 Å². The van der Waals surface area contributed by atoms with Gasteiger partial charge in [-0.05, 0) is 30.8 Å². The molecule has 0 aromatic carbocycles. The zero-order valence-electron chi connectivity index (χ0n) is 11.8. The summed E-state index contributed by atoms with van der Waals surface area (Å²) in [5, 5.41) is 3.37. The first-order valence-corrected chi connectivity index (χ1v) is 7.72. The number of hydrogen-bond acceptors (Lipinski definition) is 4. The van der Waals surface area contributed by atoms with Crippen molar-refractivity contribution in [3.8, 4) is 0 Å². The van der Waals surface area contributed by atoms with Crippen LogP contribution in [-0.4, -0.2) is 29.5 Å². The van der Waals surface area contributed by atoms with Gasteiger partial charge in [0.15, 0.2) is 0 Å². The smallest absolute Gasteiger partial charge is 0.0941 e. The number of thiazole rings is 1. The van der Waals surface area contributed by atoms with Crippen LogP contribution in [0.1, 0.15) is 37.9 Å². The van der Waals surface area contributed by atoms with Crippen molar-refractivity contribution in [1.29, 1.82) is 0 Å². The molecular formula is C14H25N3S. The van der Waals surface area contributed by atoms with Crippen LogP contribution in [0.2, 0.25) is 0 Å². The number of rotatable bonds is 4. The van der Waals surface area contributed by atoms with Crippen LogP contribution < -0.4 is 5.73 Å². The van der Waals surface area contributed by atoms with E-state index < -0.39 is 0 Å². The van der Waals surface area contributed by atoms with Crippen LogP contribution >= 0.6 is 11.3 Å². The summed E-state index contributed by atoms with van der Waals surface area (Å²) in [4.78, 5) is 7.19. The van der Waals surface area contributed by atoms with Crippen molar-refractivity contribution in [1.82, 2.24) is 9.88 Å². The maximum Gasteiger partial charge on any atom is 0.0941 e. The fourth-order valence-corrected chi connectivity index (χ4v) is 3.38. The minimum Gasteiger partial charge on any atom is -0.330 e. The molecule has 0 amide bonds. The standard InChI is InChI=1S/C14H25N3S/c1-14(2,3)11-5-7-17(8-11)9-12-10-18-13(16-12)4-6-15/h10-11H,4-9,15H2,1-3H3. The average Bonchev–Trinajstić information content (AvgIpc) is 2.88. The SMILES string of the molecule is CC(C)(C)C1CCN(Cc2csc(CCN)n2)C1. The third kappa shape index (κ3) is 3.53. The van der Waals surface area contributed by atoms with Gasteiger partial charge in [0.25, 0.3) is 0 Å². The second-order valence-corrected chi connectivity index (χ2v) is 7.30. The molecule has 0 aliphatic carbocycles. The lowest BCUT2D eigenvalue weighted by Crippen LogP contribution is -2.25. The van der Waals surface area contributed by atoms with Gasteiger partial charge in [0, 0.05) is 24.9 Å². The molecular weight excluding hydrogens is 242 g/mol. The molecule has 2 rings (SSSR count). The molecule has 102 valence electrons. The number of aromatic nitrogens is 1. The highest BCUT2D eigenvalue weighted by atomic mass is 32.1. The summed E-state index contributed by atoms with van der Waals surface area (Å²) in [6.07, 6.45) is 2.23. The van der Waals surface area contributed by atoms with Crippen molar-refractivity contribution in [2.75, 3.05) is 19.6 Å². The van der Waals surface area contributed by atoms with Gasteiger partial charge in [-0.3, -0.25) is 4.90 Å². The molecule has 0 radical (unpaired) electrons. The van der Waals surface area contributed by atoms with Crippen molar-refractivity contribution in [2.45, 2.75) is 40.2 Å². The molecule has 0 spiro atoms. The van der Waals surface area contributed by atoms with E-state index in [-0.39, 0.29) is 0 Å². The normalized spacial score (nSPS) is 21.7. The van der Waals surface area contributed by atoms with Crippen LogP contribution in [0.4, 0.5) is 0 Å². The Hall–Kier alpha value is -0.450. The summed E-state index contributed by atoms with van der Waals surface area (Å²) in [5.41, 5.74) is 7.21. The summed E-state index contributed by atoms with van der Waals surface area (Å²) in [5.74, 6) is 0.819. The van der Waals surface area contributed by atoms with Crippen LogP contribution in [0.25, 0.3) is 0 Å². The van der Waals surface area contributed by atoms with Crippen LogP contribution in [0.15, 0.2) is 5.38 Å². The Morgan fingerprint density at radius 1 is 1.50 bits per heavy atom. The van der Waals surface area contributed by atoms with E-state index in [1.165, 1.54) is 30.2 Å². The van der Waals surface area contributed by atoms with E-state index in [4.69, 9.17) is 5.73 Å². The molecule has 2 N–H and O–H groups in total. The van der Waals surface area contributed by atoms with Crippen molar-refractivity contribution in [2.24, 2.45) is 17.1 Å². The molecule has 0 bridgehead atoms. The molecule has 1 aliphatic rings. The van der Waals surface area contributed by atoms with Crippen LogP contribution in [0.3, 0.4) is 0 Å². The summed E-state index contributed by atoms with van der Waals surface area (Å²) < 4.78 is 0. The predicted molar refractivity (Wildman–Crippen MR) is 77.7 cm³/mol. The Bertz CT molecular complexity index is 381. The molecule has 0 saturated carbocycles. The largest absolute Gasteiger partial charge is 0.330 e. The summed E-state index contributed by atoms with van der Waals surface area (Å²) in [6.45, 7) is 11.2. The van der Waals surface area contributed by atoms with Crippen LogP contribution in [0, 0.1) is 11.3 Å². The number of nitrogens with zero attached hydrogens (tertiary/aromatic N) is 2. The first kappa shape index (κ1) is 14.0. The third-order valence-electron chi connectivity index (χ3n) is 3.84. The van der Waals surface area contributed by atoms with Gasteiger partial charge in [-0.15, -0.1) is 11.3 Å². The second kappa shape index (κ2) is 5.68. The molecule has 2 heterocycles. The predicted octanol–water partition coefficient (Wildman–Crippen LogP) is 2.51. The second-order valence-electron chi connectivity index (χ2n) is 6.36. The molecule has 1 aliphatic heterocycles. The molecule has 18 heavy (non-hydrogen) atoms. The van der Waals surface area contributed by atoms with Gasteiger partial charge in [0.1, 0.15) is 0 Å². The summed E-state index contributed by atoms with van der Waals surface area (Å²) >= 11 is 1.75. The van der Waals surface area contributed by atoms with Gasteiger partial charge in [0.2, 0.25) is 0 Å². The quantitative estimate of drug-likeness (QED) is 0.911. The van der Waals surface area contributed by atoms with Gasteiger partial charge in [-0.1, -0.05) is 20.8 Å². The monoisotopic (exact) mass is 267 g/mol. The maximum absolute atomic E-state index is 5.56. The lowest BCUT2D eigenvalue weighted by Gasteiger charge is -2.26. The molecule has 4 heteroatoms. The Kier molecular flexibility index (Phi) is 4.41. The van der Waals surface area contributed by atoms with E-state index in [0.717, 1.165) is 18.9 Å². The number of nitrogens with two attached hydrogens (primary N) is 1. The van der Waals surface area contributed by atoms with E-state index in [0.29, 0.717) is 12.0 Å². The summed E-state index contributed by atoms with van der Waals surface area (Å²) in [6, 6.07) is 0. The third-order valence-corrected chi connectivity index (χ3v) is 4.80. The Morgan fingerprint density at radius 3 is 2.89 bits per heavy atom. The fourth-order valence-electron chi connectivity index (χ4n) is 2.57. The molecule has 1 aromatic heterocycles. The van der Waals surface area contributed by atoms with E-state index in [2.05, 4.69) is 36.0 Å². The van der Waals surface area contributed by atoms with E-state index in [1.807, 2.05) is 0 Å². The van der Waals surface area contributed by atoms with Gasteiger partial charge in [0.05, 0.1) is 10.7 Å². The number of likely N-dealkylation sites (tertiary alicyclic amines) is 1. The maximum atomic E-state index is 5.56. The van der Waals surface area contributed by atoms with Crippen molar-refractivity contribution >= 4 is 11.3 Å². The van der Waals surface area contributed by atoms with Gasteiger partial charge in [-0.2, -0.15) is 0 Å². The topological polar surface area (TPSA) is 42.1 Å². The highest BCUT2D eigenvalue weighted by Crippen LogP contribution is 2.34. The minimum absolute atomic E-state index is 0.432. The highest BCUT2D eigenvalue weighted by molar-refractivity contribution is 7.09. The summed E-state index contributed by atoms with van der Waals surface area (Å²) in [7, 11) is 0. The van der Waals surface area contributed by atoms with Crippen molar-refractivity contribution < 1.29 is 0 Å². The Labute approximate surface area is 114 Å².